The van der Waals surface area contributed by atoms with Crippen molar-refractivity contribution in [1.29, 1.82) is 0 Å². The first-order valence-corrected chi connectivity index (χ1v) is 5.68. The SMILES string of the molecule is NS(=O)(=O)C1=CSSN1. The summed E-state index contributed by atoms with van der Waals surface area (Å²) in [6, 6.07) is 0. The zero-order valence-corrected chi connectivity index (χ0v) is 6.65. The maximum absolute atomic E-state index is 10.5. The van der Waals surface area contributed by atoms with E-state index in [1.807, 2.05) is 0 Å². The average Bonchev–Trinajstić information content (AvgIpc) is 2.08. The Morgan fingerprint density at radius 2 is 2.33 bits per heavy atom. The Morgan fingerprint density at radius 3 is 2.56 bits per heavy atom. The highest BCUT2D eigenvalue weighted by Gasteiger charge is 2.15. The average molecular weight is 184 g/mol. The number of nitrogens with two attached hydrogens (primary N) is 1. The van der Waals surface area contributed by atoms with Crippen molar-refractivity contribution in [3.63, 3.8) is 0 Å². The maximum Gasteiger partial charge on any atom is 0.254 e. The Kier molecular flexibility index (Phi) is 1.94. The third-order valence-corrected chi connectivity index (χ3v) is 3.32. The van der Waals surface area contributed by atoms with Crippen LogP contribution in [-0.2, 0) is 10.0 Å². The second-order valence-corrected chi connectivity index (χ2v) is 4.71. The van der Waals surface area contributed by atoms with Gasteiger partial charge in [0.05, 0.1) is 0 Å². The molecule has 1 rings (SSSR count). The summed E-state index contributed by atoms with van der Waals surface area (Å²) >= 11 is 0. The van der Waals surface area contributed by atoms with E-state index in [0.717, 1.165) is 0 Å². The molecule has 1 aliphatic rings. The van der Waals surface area contributed by atoms with Gasteiger partial charge in [0.1, 0.15) is 0 Å². The Balaban J connectivity index is 2.87. The molecule has 1 heterocycles. The van der Waals surface area contributed by atoms with Crippen LogP contribution in [0.5, 0.6) is 0 Å². The van der Waals surface area contributed by atoms with Gasteiger partial charge in [0.2, 0.25) is 0 Å². The van der Waals surface area contributed by atoms with E-state index in [0.29, 0.717) is 0 Å². The zero-order chi connectivity index (χ0) is 6.91. The van der Waals surface area contributed by atoms with Gasteiger partial charge in [-0.2, -0.15) is 0 Å². The standard InChI is InChI=1S/C2H4N2O2S3/c3-9(5,6)2-1-7-8-4-2/h1,4H,(H2,3,5,6). The van der Waals surface area contributed by atoms with Crippen LogP contribution < -0.4 is 9.86 Å². The molecule has 0 bridgehead atoms. The van der Waals surface area contributed by atoms with Crippen LogP contribution in [0.4, 0.5) is 0 Å². The molecule has 1 aliphatic heterocycles. The van der Waals surface area contributed by atoms with E-state index in [-0.39, 0.29) is 5.03 Å². The molecule has 0 spiro atoms. The van der Waals surface area contributed by atoms with Crippen molar-refractivity contribution >= 4 is 31.8 Å². The lowest BCUT2D eigenvalue weighted by Crippen LogP contribution is -2.19. The highest BCUT2D eigenvalue weighted by atomic mass is 33.1. The first-order chi connectivity index (χ1) is 4.11. The topological polar surface area (TPSA) is 72.2 Å². The van der Waals surface area contributed by atoms with Crippen molar-refractivity contribution in [2.24, 2.45) is 5.14 Å². The van der Waals surface area contributed by atoms with Gasteiger partial charge in [-0.15, -0.1) is 0 Å². The van der Waals surface area contributed by atoms with Gasteiger partial charge in [0.25, 0.3) is 10.0 Å². The van der Waals surface area contributed by atoms with Crippen LogP contribution in [0.25, 0.3) is 0 Å². The lowest BCUT2D eigenvalue weighted by Gasteiger charge is -1.95. The molecule has 3 N–H and O–H groups in total. The molecule has 0 aromatic rings. The predicted molar refractivity (Wildman–Crippen MR) is 39.5 cm³/mol. The normalized spacial score (nSPS) is 19.0. The molecular weight excluding hydrogens is 180 g/mol. The largest absolute Gasteiger partial charge is 0.309 e. The van der Waals surface area contributed by atoms with E-state index in [4.69, 9.17) is 5.14 Å². The van der Waals surface area contributed by atoms with Gasteiger partial charge in [-0.25, -0.2) is 13.6 Å². The summed E-state index contributed by atoms with van der Waals surface area (Å²) in [4.78, 5) is 0. The fraction of sp³-hybridized carbons (Fsp3) is 0. The molecule has 4 nitrogen and oxygen atoms in total. The van der Waals surface area contributed by atoms with Crippen molar-refractivity contribution < 1.29 is 8.42 Å². The van der Waals surface area contributed by atoms with Gasteiger partial charge < -0.3 is 4.72 Å². The second-order valence-electron chi connectivity index (χ2n) is 1.31. The Morgan fingerprint density at radius 1 is 1.67 bits per heavy atom. The molecule has 0 aromatic carbocycles. The second kappa shape index (κ2) is 2.41. The van der Waals surface area contributed by atoms with Gasteiger partial charge in [0.15, 0.2) is 5.03 Å². The van der Waals surface area contributed by atoms with Crippen LogP contribution >= 0.6 is 21.8 Å². The summed E-state index contributed by atoms with van der Waals surface area (Å²) < 4.78 is 23.4. The van der Waals surface area contributed by atoms with Crippen molar-refractivity contribution in [3.05, 3.63) is 10.4 Å². The Bertz CT molecular complexity index is 230. The fourth-order valence-corrected chi connectivity index (χ4v) is 3.20. The minimum absolute atomic E-state index is 0.0810. The minimum atomic E-state index is -3.49. The number of hydrogen-bond acceptors (Lipinski definition) is 5. The highest BCUT2D eigenvalue weighted by Crippen LogP contribution is 2.29. The van der Waals surface area contributed by atoms with Crippen LogP contribution in [0.2, 0.25) is 0 Å². The van der Waals surface area contributed by atoms with E-state index in [1.54, 1.807) is 0 Å². The summed E-state index contributed by atoms with van der Waals surface area (Å²) in [7, 11) is -0.977. The summed E-state index contributed by atoms with van der Waals surface area (Å²) in [5, 5.41) is 6.29. The van der Waals surface area contributed by atoms with Crippen molar-refractivity contribution in [2.75, 3.05) is 0 Å². The van der Waals surface area contributed by atoms with Gasteiger partial charge in [0, 0.05) is 16.4 Å². The lowest BCUT2D eigenvalue weighted by molar-refractivity contribution is 0.602. The Hall–Kier alpha value is 0.150. The third-order valence-electron chi connectivity index (χ3n) is 0.652. The van der Waals surface area contributed by atoms with Crippen LogP contribution in [0, 0.1) is 0 Å². The number of rotatable bonds is 1. The van der Waals surface area contributed by atoms with Gasteiger partial charge in [-0.1, -0.05) is 0 Å². The molecule has 52 valence electrons. The first kappa shape index (κ1) is 7.26. The third kappa shape index (κ3) is 1.78. The highest BCUT2D eigenvalue weighted by molar-refractivity contribution is 8.77. The molecule has 0 atom stereocenters. The quantitative estimate of drug-likeness (QED) is 0.442. The molecule has 0 aromatic heterocycles. The maximum atomic E-state index is 10.5. The molecular formula is C2H4N2O2S3. The van der Waals surface area contributed by atoms with Crippen molar-refractivity contribution in [2.45, 2.75) is 0 Å². The lowest BCUT2D eigenvalue weighted by atomic mass is 11.1. The summed E-state index contributed by atoms with van der Waals surface area (Å²) in [6.07, 6.45) is 0. The molecule has 0 fully saturated rings. The van der Waals surface area contributed by atoms with Crippen LogP contribution in [0.1, 0.15) is 0 Å². The minimum Gasteiger partial charge on any atom is -0.309 e. The summed E-state index contributed by atoms with van der Waals surface area (Å²) in [6.45, 7) is 0. The molecule has 0 amide bonds. The monoisotopic (exact) mass is 184 g/mol. The van der Waals surface area contributed by atoms with Crippen LogP contribution in [0.3, 0.4) is 0 Å². The molecule has 9 heavy (non-hydrogen) atoms. The fourth-order valence-electron chi connectivity index (χ4n) is 0.282. The Labute approximate surface area is 60.8 Å². The van der Waals surface area contributed by atoms with Gasteiger partial charge in [-0.3, -0.25) is 0 Å². The van der Waals surface area contributed by atoms with E-state index >= 15 is 0 Å². The number of hydrogen-bond donors (Lipinski definition) is 2. The van der Waals surface area contributed by atoms with Gasteiger partial charge in [-0.05, 0) is 10.8 Å². The van der Waals surface area contributed by atoms with Crippen molar-refractivity contribution in [1.82, 2.24) is 4.72 Å². The smallest absolute Gasteiger partial charge is 0.254 e. The number of sulfonamides is 1. The molecule has 0 unspecified atom stereocenters. The summed E-state index contributed by atoms with van der Waals surface area (Å²) in [5.41, 5.74) is 0. The predicted octanol–water partition coefficient (Wildman–Crippen LogP) is -0.0266. The first-order valence-electron chi connectivity index (χ1n) is 1.92. The number of nitrogens with one attached hydrogen (secondary N) is 1. The molecule has 7 heteroatoms. The van der Waals surface area contributed by atoms with Crippen molar-refractivity contribution in [3.8, 4) is 0 Å². The molecule has 0 aliphatic carbocycles. The van der Waals surface area contributed by atoms with E-state index < -0.39 is 10.0 Å². The van der Waals surface area contributed by atoms with Crippen LogP contribution in [0.15, 0.2) is 10.4 Å². The summed E-state index contributed by atoms with van der Waals surface area (Å²) in [5.74, 6) is 0. The molecule has 0 radical (unpaired) electrons. The molecule has 0 saturated heterocycles. The zero-order valence-electron chi connectivity index (χ0n) is 4.20. The van der Waals surface area contributed by atoms with Gasteiger partial charge >= 0.3 is 0 Å². The van der Waals surface area contributed by atoms with E-state index in [2.05, 4.69) is 4.72 Å². The van der Waals surface area contributed by atoms with Crippen LogP contribution in [-0.4, -0.2) is 8.42 Å². The van der Waals surface area contributed by atoms with E-state index in [9.17, 15) is 8.42 Å². The van der Waals surface area contributed by atoms with E-state index in [1.165, 1.54) is 27.2 Å². The number of primary sulfonamides is 1. The molecule has 0 saturated carbocycles.